The van der Waals surface area contributed by atoms with Crippen LogP contribution in [0.15, 0.2) is 54.6 Å². The first kappa shape index (κ1) is 17.4. The maximum Gasteiger partial charge on any atom is 0.337 e. The molecule has 3 aromatic rings. The second-order valence-corrected chi connectivity index (χ2v) is 5.87. The van der Waals surface area contributed by atoms with E-state index in [0.717, 1.165) is 17.8 Å². The lowest BCUT2D eigenvalue weighted by atomic mass is 10.1. The van der Waals surface area contributed by atoms with Crippen LogP contribution in [0.25, 0.3) is 0 Å². The number of nitrogens with zero attached hydrogens (tertiary/aromatic N) is 2. The highest BCUT2D eigenvalue weighted by molar-refractivity contribution is 5.95. The number of aromatic nitrogens is 2. The number of aryl methyl sites for hydroxylation is 2. The fraction of sp³-hybridized carbons (Fsp3) is 0.150. The third-order valence-electron chi connectivity index (χ3n) is 3.89. The summed E-state index contributed by atoms with van der Waals surface area (Å²) >= 11 is 0. The van der Waals surface area contributed by atoms with Crippen LogP contribution in [-0.4, -0.2) is 21.0 Å². The molecule has 1 aromatic heterocycles. The molecule has 0 aliphatic rings. The number of hydrogen-bond donors (Lipinski definition) is 3. The van der Waals surface area contributed by atoms with Gasteiger partial charge < -0.3 is 15.7 Å². The van der Waals surface area contributed by atoms with Crippen molar-refractivity contribution in [1.29, 1.82) is 0 Å². The first-order valence-electron chi connectivity index (χ1n) is 8.36. The largest absolute Gasteiger partial charge is 0.478 e. The van der Waals surface area contributed by atoms with Crippen molar-refractivity contribution < 1.29 is 9.90 Å². The van der Waals surface area contributed by atoms with Crippen molar-refractivity contribution in [3.8, 4) is 0 Å². The molecule has 6 heteroatoms. The fourth-order valence-electron chi connectivity index (χ4n) is 2.56. The molecule has 0 bridgehead atoms. The highest BCUT2D eigenvalue weighted by atomic mass is 16.4. The second kappa shape index (κ2) is 7.65. The Kier molecular flexibility index (Phi) is 5.12. The van der Waals surface area contributed by atoms with Crippen molar-refractivity contribution >= 4 is 29.1 Å². The molecule has 0 saturated heterocycles. The fourth-order valence-corrected chi connectivity index (χ4v) is 2.56. The maximum atomic E-state index is 11.4. The van der Waals surface area contributed by atoms with Gasteiger partial charge in [-0.05, 0) is 43.2 Å². The molecular weight excluding hydrogens is 328 g/mol. The van der Waals surface area contributed by atoms with Gasteiger partial charge in [0.1, 0.15) is 5.82 Å². The molecule has 0 aliphatic heterocycles. The van der Waals surface area contributed by atoms with Crippen molar-refractivity contribution in [3.63, 3.8) is 0 Å². The number of benzene rings is 2. The summed E-state index contributed by atoms with van der Waals surface area (Å²) in [5.41, 5.74) is 3.59. The number of aromatic carboxylic acids is 1. The molecule has 132 valence electrons. The molecule has 0 spiro atoms. The van der Waals surface area contributed by atoms with Crippen molar-refractivity contribution in [2.75, 3.05) is 10.6 Å². The van der Waals surface area contributed by atoms with Crippen LogP contribution < -0.4 is 10.6 Å². The predicted octanol–water partition coefficient (Wildman–Crippen LogP) is 4.53. The molecule has 0 atom stereocenters. The third-order valence-corrected chi connectivity index (χ3v) is 3.89. The molecule has 6 nitrogen and oxygen atoms in total. The number of carboxylic acid groups (broad SMARTS) is 1. The summed E-state index contributed by atoms with van der Waals surface area (Å²) in [7, 11) is 0. The number of nitrogens with one attached hydrogen (secondary N) is 2. The summed E-state index contributed by atoms with van der Waals surface area (Å²) in [5.74, 6) is -0.0170. The molecule has 0 radical (unpaired) electrons. The van der Waals surface area contributed by atoms with E-state index in [1.54, 1.807) is 30.3 Å². The van der Waals surface area contributed by atoms with Gasteiger partial charge in [-0.3, -0.25) is 0 Å². The van der Waals surface area contributed by atoms with E-state index in [-0.39, 0.29) is 5.56 Å². The summed E-state index contributed by atoms with van der Waals surface area (Å²) in [6.07, 6.45) is 0.984. The molecule has 0 aliphatic carbocycles. The van der Waals surface area contributed by atoms with Crippen molar-refractivity contribution in [1.82, 2.24) is 9.97 Å². The van der Waals surface area contributed by atoms with Crippen LogP contribution in [0.5, 0.6) is 0 Å². The van der Waals surface area contributed by atoms with Crippen molar-refractivity contribution in [2.24, 2.45) is 0 Å². The molecule has 0 fully saturated rings. The lowest BCUT2D eigenvalue weighted by Crippen LogP contribution is -2.05. The Labute approximate surface area is 152 Å². The number of rotatable bonds is 6. The van der Waals surface area contributed by atoms with Gasteiger partial charge in [0.2, 0.25) is 5.95 Å². The van der Waals surface area contributed by atoms with E-state index < -0.39 is 5.97 Å². The second-order valence-electron chi connectivity index (χ2n) is 5.87. The molecule has 0 unspecified atom stereocenters. The third kappa shape index (κ3) is 4.16. The zero-order valence-electron chi connectivity index (χ0n) is 14.7. The van der Waals surface area contributed by atoms with E-state index in [9.17, 15) is 9.90 Å². The van der Waals surface area contributed by atoms with Gasteiger partial charge in [0, 0.05) is 17.4 Å². The Bertz CT molecular complexity index is 923. The molecular formula is C20H20N4O2. The van der Waals surface area contributed by atoms with Crippen LogP contribution >= 0.6 is 0 Å². The van der Waals surface area contributed by atoms with E-state index in [2.05, 4.69) is 39.7 Å². The van der Waals surface area contributed by atoms with E-state index in [1.807, 2.05) is 19.1 Å². The minimum absolute atomic E-state index is 0.188. The molecule has 3 rings (SSSR count). The zero-order chi connectivity index (χ0) is 18.5. The predicted molar refractivity (Wildman–Crippen MR) is 103 cm³/mol. The SMILES string of the molecule is CCc1ccc(Nc2nc(C)cc(Nc3ccccc3C(=O)O)n2)cc1. The Hall–Kier alpha value is -3.41. The van der Waals surface area contributed by atoms with Crippen LogP contribution in [0.1, 0.15) is 28.5 Å². The van der Waals surface area contributed by atoms with Gasteiger partial charge in [-0.25, -0.2) is 9.78 Å². The number of hydrogen-bond acceptors (Lipinski definition) is 5. The van der Waals surface area contributed by atoms with Gasteiger partial charge in [0.25, 0.3) is 0 Å². The number of carbonyl (C=O) groups is 1. The summed E-state index contributed by atoms with van der Waals surface area (Å²) in [5, 5.41) is 15.6. The Balaban J connectivity index is 1.84. The lowest BCUT2D eigenvalue weighted by molar-refractivity contribution is 0.0698. The van der Waals surface area contributed by atoms with Crippen LogP contribution in [0.2, 0.25) is 0 Å². The number of para-hydroxylation sites is 1. The van der Waals surface area contributed by atoms with Gasteiger partial charge >= 0.3 is 5.97 Å². The maximum absolute atomic E-state index is 11.4. The minimum Gasteiger partial charge on any atom is -0.478 e. The smallest absolute Gasteiger partial charge is 0.337 e. The molecule has 26 heavy (non-hydrogen) atoms. The van der Waals surface area contributed by atoms with Crippen molar-refractivity contribution in [3.05, 3.63) is 71.4 Å². The molecule has 3 N–H and O–H groups in total. The van der Waals surface area contributed by atoms with E-state index >= 15 is 0 Å². The molecule has 0 saturated carbocycles. The highest BCUT2D eigenvalue weighted by Crippen LogP contribution is 2.22. The van der Waals surface area contributed by atoms with Crippen LogP contribution in [-0.2, 0) is 6.42 Å². The van der Waals surface area contributed by atoms with Crippen LogP contribution in [0, 0.1) is 6.92 Å². The summed E-state index contributed by atoms with van der Waals surface area (Å²) in [4.78, 5) is 20.2. The topological polar surface area (TPSA) is 87.1 Å². The average molecular weight is 348 g/mol. The molecule has 2 aromatic carbocycles. The molecule has 1 heterocycles. The Morgan fingerprint density at radius 1 is 1.04 bits per heavy atom. The van der Waals surface area contributed by atoms with Gasteiger partial charge in [0.05, 0.1) is 11.3 Å². The normalized spacial score (nSPS) is 10.4. The summed E-state index contributed by atoms with van der Waals surface area (Å²) < 4.78 is 0. The zero-order valence-corrected chi connectivity index (χ0v) is 14.7. The Morgan fingerprint density at radius 3 is 2.46 bits per heavy atom. The summed E-state index contributed by atoms with van der Waals surface area (Å²) in [6, 6.07) is 16.6. The van der Waals surface area contributed by atoms with E-state index in [1.165, 1.54) is 5.56 Å². The standard InChI is InChI=1S/C20H20N4O2/c1-3-14-8-10-15(11-9-14)22-20-21-13(2)12-18(24-20)23-17-7-5-4-6-16(17)19(25)26/h4-12H,3H2,1-2H3,(H,25,26)(H2,21,22,23,24). The highest BCUT2D eigenvalue weighted by Gasteiger charge is 2.10. The van der Waals surface area contributed by atoms with Gasteiger partial charge in [-0.2, -0.15) is 4.98 Å². The van der Waals surface area contributed by atoms with E-state index in [0.29, 0.717) is 17.5 Å². The first-order chi connectivity index (χ1) is 12.5. The van der Waals surface area contributed by atoms with E-state index in [4.69, 9.17) is 0 Å². The number of anilines is 4. The first-order valence-corrected chi connectivity index (χ1v) is 8.36. The van der Waals surface area contributed by atoms with Gasteiger partial charge in [-0.1, -0.05) is 31.2 Å². The number of carboxylic acids is 1. The lowest BCUT2D eigenvalue weighted by Gasteiger charge is -2.12. The van der Waals surface area contributed by atoms with Gasteiger partial charge in [-0.15, -0.1) is 0 Å². The van der Waals surface area contributed by atoms with Crippen molar-refractivity contribution in [2.45, 2.75) is 20.3 Å². The minimum atomic E-state index is -0.992. The monoisotopic (exact) mass is 348 g/mol. The average Bonchev–Trinajstić information content (AvgIpc) is 2.62. The summed E-state index contributed by atoms with van der Waals surface area (Å²) in [6.45, 7) is 3.97. The quantitative estimate of drug-likeness (QED) is 0.606. The van der Waals surface area contributed by atoms with Crippen LogP contribution in [0.3, 0.4) is 0 Å². The molecule has 0 amide bonds. The van der Waals surface area contributed by atoms with Gasteiger partial charge in [0.15, 0.2) is 0 Å². The Morgan fingerprint density at radius 2 is 1.77 bits per heavy atom. The van der Waals surface area contributed by atoms with Crippen LogP contribution in [0.4, 0.5) is 23.1 Å².